The van der Waals surface area contributed by atoms with Crippen LogP contribution in [0, 0.1) is 0 Å². The first-order valence-electron chi connectivity index (χ1n) is 17.5. The zero-order valence-corrected chi connectivity index (χ0v) is 28.1. The van der Waals surface area contributed by atoms with Crippen molar-refractivity contribution in [2.24, 2.45) is 0 Å². The summed E-state index contributed by atoms with van der Waals surface area (Å²) < 4.78 is 8.50. The van der Waals surface area contributed by atoms with E-state index in [1.165, 1.54) is 21.8 Å². The van der Waals surface area contributed by atoms with E-state index in [9.17, 15) is 0 Å². The van der Waals surface area contributed by atoms with Crippen LogP contribution < -0.4 is 0 Å². The molecule has 0 spiro atoms. The van der Waals surface area contributed by atoms with Gasteiger partial charge in [-0.25, -0.2) is 9.97 Å². The van der Waals surface area contributed by atoms with Gasteiger partial charge in [-0.05, 0) is 65.7 Å². The molecule has 0 aliphatic rings. The highest BCUT2D eigenvalue weighted by Gasteiger charge is 2.16. The highest BCUT2D eigenvalue weighted by molar-refractivity contribution is 6.09. The maximum Gasteiger partial charge on any atom is 0.160 e. The molecule has 7 aromatic carbocycles. The Balaban J connectivity index is 1.10. The SMILES string of the molecule is c1ccc(-c2ccccc2-c2cc(-c3ccc(-c4cc5ccccc5o4)cc3)nc(-c3ccc(-n4c5ccccc5c5ccccc54)cc3)n2)cc1. The molecule has 52 heavy (non-hydrogen) atoms. The molecule has 0 amide bonds. The molecule has 10 aromatic rings. The zero-order chi connectivity index (χ0) is 34.4. The Kier molecular flexibility index (Phi) is 7.10. The maximum absolute atomic E-state index is 6.17. The number of rotatable bonds is 6. The van der Waals surface area contributed by atoms with Crippen LogP contribution in [0.3, 0.4) is 0 Å². The van der Waals surface area contributed by atoms with Gasteiger partial charge in [0.25, 0.3) is 0 Å². The van der Waals surface area contributed by atoms with E-state index in [-0.39, 0.29) is 0 Å². The summed E-state index contributed by atoms with van der Waals surface area (Å²) >= 11 is 0. The molecule has 0 atom stereocenters. The molecule has 4 heteroatoms. The van der Waals surface area contributed by atoms with Crippen LogP contribution in [0.25, 0.3) is 94.8 Å². The van der Waals surface area contributed by atoms with Crippen molar-refractivity contribution in [3.8, 4) is 62.0 Å². The van der Waals surface area contributed by atoms with Crippen LogP contribution in [0.15, 0.2) is 192 Å². The third-order valence-corrected chi connectivity index (χ3v) is 9.87. The van der Waals surface area contributed by atoms with Crippen LogP contribution in [0.5, 0.6) is 0 Å². The summed E-state index contributed by atoms with van der Waals surface area (Å²) in [6.45, 7) is 0. The van der Waals surface area contributed by atoms with E-state index < -0.39 is 0 Å². The van der Waals surface area contributed by atoms with Crippen molar-refractivity contribution in [3.63, 3.8) is 0 Å². The van der Waals surface area contributed by atoms with Gasteiger partial charge in [-0.3, -0.25) is 0 Å². The minimum Gasteiger partial charge on any atom is -0.456 e. The fourth-order valence-electron chi connectivity index (χ4n) is 7.33. The number of nitrogens with zero attached hydrogens (tertiary/aromatic N) is 3. The third-order valence-electron chi connectivity index (χ3n) is 9.87. The Hall–Kier alpha value is -7.04. The number of hydrogen-bond donors (Lipinski definition) is 0. The van der Waals surface area contributed by atoms with Gasteiger partial charge in [0.05, 0.1) is 22.4 Å². The predicted molar refractivity (Wildman–Crippen MR) is 213 cm³/mol. The fourth-order valence-corrected chi connectivity index (χ4v) is 7.33. The summed E-state index contributed by atoms with van der Waals surface area (Å²) in [7, 11) is 0. The van der Waals surface area contributed by atoms with E-state index in [2.05, 4.69) is 168 Å². The first-order chi connectivity index (χ1) is 25.8. The lowest BCUT2D eigenvalue weighted by Crippen LogP contribution is -1.98. The lowest BCUT2D eigenvalue weighted by Gasteiger charge is -2.14. The normalized spacial score (nSPS) is 11.5. The summed E-state index contributed by atoms with van der Waals surface area (Å²) in [5.41, 5.74) is 12.3. The second kappa shape index (κ2) is 12.4. The number of fused-ring (bicyclic) bond motifs is 4. The number of furan rings is 1. The smallest absolute Gasteiger partial charge is 0.160 e. The lowest BCUT2D eigenvalue weighted by molar-refractivity contribution is 0.631. The molecule has 244 valence electrons. The molecule has 4 nitrogen and oxygen atoms in total. The van der Waals surface area contributed by atoms with E-state index in [0.29, 0.717) is 5.82 Å². The lowest BCUT2D eigenvalue weighted by atomic mass is 9.96. The molecule has 0 aliphatic heterocycles. The van der Waals surface area contributed by atoms with Gasteiger partial charge in [-0.2, -0.15) is 0 Å². The van der Waals surface area contributed by atoms with Crippen molar-refractivity contribution in [3.05, 3.63) is 188 Å². The molecule has 0 saturated carbocycles. The molecule has 0 unspecified atom stereocenters. The molecular weight excluding hydrogens is 635 g/mol. The first kappa shape index (κ1) is 29.8. The van der Waals surface area contributed by atoms with Crippen molar-refractivity contribution >= 4 is 32.8 Å². The number of aromatic nitrogens is 3. The average molecular weight is 666 g/mol. The quantitative estimate of drug-likeness (QED) is 0.178. The van der Waals surface area contributed by atoms with Gasteiger partial charge >= 0.3 is 0 Å². The Morgan fingerprint density at radius 2 is 0.981 bits per heavy atom. The molecule has 0 N–H and O–H groups in total. The topological polar surface area (TPSA) is 43.9 Å². The highest BCUT2D eigenvalue weighted by atomic mass is 16.3. The van der Waals surface area contributed by atoms with E-state index >= 15 is 0 Å². The number of benzene rings is 7. The predicted octanol–water partition coefficient (Wildman–Crippen LogP) is 12.7. The van der Waals surface area contributed by atoms with Gasteiger partial charge in [-0.1, -0.05) is 133 Å². The summed E-state index contributed by atoms with van der Waals surface area (Å²) in [6, 6.07) is 65.5. The van der Waals surface area contributed by atoms with Gasteiger partial charge in [0, 0.05) is 44.1 Å². The van der Waals surface area contributed by atoms with Gasteiger partial charge in [0.2, 0.25) is 0 Å². The molecule has 3 heterocycles. The molecule has 0 radical (unpaired) electrons. The maximum atomic E-state index is 6.17. The van der Waals surface area contributed by atoms with Crippen LogP contribution in [0.4, 0.5) is 0 Å². The van der Waals surface area contributed by atoms with Gasteiger partial charge in [-0.15, -0.1) is 0 Å². The summed E-state index contributed by atoms with van der Waals surface area (Å²) in [5, 5.41) is 3.57. The zero-order valence-electron chi connectivity index (χ0n) is 28.1. The van der Waals surface area contributed by atoms with Crippen LogP contribution >= 0.6 is 0 Å². The fraction of sp³-hybridized carbons (Fsp3) is 0. The molecule has 0 fully saturated rings. The standard InChI is InChI=1S/C48H31N3O/c1-2-12-32(13-3-1)38-15-5-6-16-39(38)43-31-42(33-22-24-34(25-23-33)47-30-36-14-4-11-21-46(36)52-47)49-48(50-43)35-26-28-37(29-27-35)51-44-19-9-7-17-40(44)41-18-8-10-20-45(41)51/h1-31H. The highest BCUT2D eigenvalue weighted by Crippen LogP contribution is 2.36. The van der Waals surface area contributed by atoms with Crippen molar-refractivity contribution in [2.75, 3.05) is 0 Å². The summed E-state index contributed by atoms with van der Waals surface area (Å²) in [5.74, 6) is 1.52. The molecule has 10 rings (SSSR count). The average Bonchev–Trinajstić information content (AvgIpc) is 3.81. The number of hydrogen-bond acceptors (Lipinski definition) is 3. The van der Waals surface area contributed by atoms with E-state index in [1.54, 1.807) is 0 Å². The van der Waals surface area contributed by atoms with Crippen LogP contribution in [-0.2, 0) is 0 Å². The Morgan fingerprint density at radius 1 is 0.404 bits per heavy atom. The Labute approximate surface area is 300 Å². The van der Waals surface area contributed by atoms with E-state index in [0.717, 1.165) is 67.2 Å². The molecule has 3 aromatic heterocycles. The van der Waals surface area contributed by atoms with Crippen molar-refractivity contribution in [2.45, 2.75) is 0 Å². The van der Waals surface area contributed by atoms with Crippen molar-refractivity contribution < 1.29 is 4.42 Å². The Bertz CT molecular complexity index is 2800. The summed E-state index contributed by atoms with van der Waals surface area (Å²) in [4.78, 5) is 10.4. The van der Waals surface area contributed by atoms with Gasteiger partial charge in [0.15, 0.2) is 5.82 Å². The largest absolute Gasteiger partial charge is 0.456 e. The van der Waals surface area contributed by atoms with Crippen molar-refractivity contribution in [1.82, 2.24) is 14.5 Å². The Morgan fingerprint density at radius 3 is 1.71 bits per heavy atom. The minimum absolute atomic E-state index is 0.672. The second-order valence-corrected chi connectivity index (χ2v) is 13.0. The first-order valence-corrected chi connectivity index (χ1v) is 17.5. The second-order valence-electron chi connectivity index (χ2n) is 13.0. The van der Waals surface area contributed by atoms with E-state index in [1.807, 2.05) is 24.3 Å². The molecule has 0 aliphatic carbocycles. The molecule has 0 bridgehead atoms. The van der Waals surface area contributed by atoms with Gasteiger partial charge in [0.1, 0.15) is 11.3 Å². The molecule has 0 saturated heterocycles. The monoisotopic (exact) mass is 665 g/mol. The minimum atomic E-state index is 0.672. The van der Waals surface area contributed by atoms with Crippen LogP contribution in [0.1, 0.15) is 0 Å². The van der Waals surface area contributed by atoms with Gasteiger partial charge < -0.3 is 8.98 Å². The molecular formula is C48H31N3O. The third kappa shape index (κ3) is 5.17. The summed E-state index contributed by atoms with van der Waals surface area (Å²) in [6.07, 6.45) is 0. The van der Waals surface area contributed by atoms with Crippen LogP contribution in [-0.4, -0.2) is 14.5 Å². The van der Waals surface area contributed by atoms with Crippen molar-refractivity contribution in [1.29, 1.82) is 0 Å². The van der Waals surface area contributed by atoms with Crippen LogP contribution in [0.2, 0.25) is 0 Å². The number of para-hydroxylation sites is 3. The van der Waals surface area contributed by atoms with E-state index in [4.69, 9.17) is 14.4 Å².